The van der Waals surface area contributed by atoms with Gasteiger partial charge in [-0.3, -0.25) is 9.59 Å². The highest BCUT2D eigenvalue weighted by molar-refractivity contribution is 6.04. The van der Waals surface area contributed by atoms with E-state index in [1.54, 1.807) is 12.1 Å². The summed E-state index contributed by atoms with van der Waals surface area (Å²) < 4.78 is 5.91. The normalized spacial score (nSPS) is 15.3. The van der Waals surface area contributed by atoms with Gasteiger partial charge in [-0.15, -0.1) is 0 Å². The van der Waals surface area contributed by atoms with Crippen molar-refractivity contribution in [3.63, 3.8) is 0 Å². The van der Waals surface area contributed by atoms with Gasteiger partial charge < -0.3 is 15.0 Å². The van der Waals surface area contributed by atoms with Crippen LogP contribution in [0.1, 0.15) is 61.4 Å². The molecular weight excluding hydrogens is 376 g/mol. The highest BCUT2D eigenvalue weighted by Crippen LogP contribution is 2.25. The number of anilines is 1. The van der Waals surface area contributed by atoms with Crippen LogP contribution in [0.15, 0.2) is 48.5 Å². The van der Waals surface area contributed by atoms with E-state index in [4.69, 9.17) is 4.74 Å². The summed E-state index contributed by atoms with van der Waals surface area (Å²) in [5.74, 6) is 0.364. The Balaban J connectivity index is 1.72. The fourth-order valence-electron chi connectivity index (χ4n) is 3.99. The van der Waals surface area contributed by atoms with Crippen molar-refractivity contribution in [3.05, 3.63) is 59.7 Å². The Morgan fingerprint density at radius 2 is 1.83 bits per heavy atom. The zero-order valence-corrected chi connectivity index (χ0v) is 18.2. The van der Waals surface area contributed by atoms with Crippen LogP contribution in [0.5, 0.6) is 5.75 Å². The highest BCUT2D eigenvalue weighted by atomic mass is 16.5. The lowest BCUT2D eigenvalue weighted by Crippen LogP contribution is -2.39. The second kappa shape index (κ2) is 10.3. The molecule has 2 amide bonds. The van der Waals surface area contributed by atoms with E-state index in [9.17, 15) is 9.59 Å². The predicted octanol–water partition coefficient (Wildman–Crippen LogP) is 5.20. The molecule has 1 atom stereocenters. The summed E-state index contributed by atoms with van der Waals surface area (Å²) in [4.78, 5) is 27.9. The minimum Gasteiger partial charge on any atom is -0.481 e. The fourth-order valence-corrected chi connectivity index (χ4v) is 3.99. The van der Waals surface area contributed by atoms with E-state index in [0.717, 1.165) is 31.2 Å². The molecule has 5 nitrogen and oxygen atoms in total. The number of hydrogen-bond acceptors (Lipinski definition) is 3. The molecular formula is C25H32N2O3. The Labute approximate surface area is 179 Å². The lowest BCUT2D eigenvalue weighted by Gasteiger charge is -2.31. The number of aryl methyl sites for hydroxylation is 1. The molecule has 1 fully saturated rings. The zero-order chi connectivity index (χ0) is 21.5. The number of amides is 2. The second-order valence-electron chi connectivity index (χ2n) is 8.07. The van der Waals surface area contributed by atoms with Crippen molar-refractivity contribution in [1.82, 2.24) is 4.90 Å². The van der Waals surface area contributed by atoms with Crippen LogP contribution < -0.4 is 10.1 Å². The molecule has 1 N–H and O–H groups in total. The maximum Gasteiger partial charge on any atom is 0.265 e. The quantitative estimate of drug-likeness (QED) is 0.685. The lowest BCUT2D eigenvalue weighted by molar-refractivity contribution is -0.122. The fraction of sp³-hybridized carbons (Fsp3) is 0.440. The second-order valence-corrected chi connectivity index (χ2v) is 8.07. The van der Waals surface area contributed by atoms with Crippen LogP contribution in [0.4, 0.5) is 5.69 Å². The van der Waals surface area contributed by atoms with E-state index in [-0.39, 0.29) is 17.9 Å². The molecule has 160 valence electrons. The molecule has 0 aromatic heterocycles. The maximum atomic E-state index is 13.2. The predicted molar refractivity (Wildman–Crippen MR) is 120 cm³/mol. The first-order valence-electron chi connectivity index (χ1n) is 10.9. The SMILES string of the molecule is CCC(Oc1cccc(C)c1)C(=O)Nc1ccccc1C(=O)N(C)C1CCCCC1. The van der Waals surface area contributed by atoms with E-state index < -0.39 is 6.10 Å². The molecule has 1 saturated carbocycles. The van der Waals surface area contributed by atoms with Crippen molar-refractivity contribution in [2.45, 2.75) is 64.5 Å². The maximum absolute atomic E-state index is 13.2. The number of benzene rings is 2. The molecule has 3 rings (SSSR count). The number of carbonyl (C=O) groups excluding carboxylic acids is 2. The van der Waals surface area contributed by atoms with Crippen molar-refractivity contribution >= 4 is 17.5 Å². The third-order valence-corrected chi connectivity index (χ3v) is 5.79. The molecule has 1 unspecified atom stereocenters. The van der Waals surface area contributed by atoms with E-state index in [1.165, 1.54) is 6.42 Å². The van der Waals surface area contributed by atoms with Gasteiger partial charge in [-0.25, -0.2) is 0 Å². The number of hydrogen-bond donors (Lipinski definition) is 1. The van der Waals surface area contributed by atoms with Gasteiger partial charge >= 0.3 is 0 Å². The molecule has 5 heteroatoms. The van der Waals surface area contributed by atoms with Gasteiger partial charge in [0.15, 0.2) is 6.10 Å². The summed E-state index contributed by atoms with van der Waals surface area (Å²) >= 11 is 0. The molecule has 0 radical (unpaired) electrons. The third-order valence-electron chi connectivity index (χ3n) is 5.79. The van der Waals surface area contributed by atoms with Gasteiger partial charge in [-0.1, -0.05) is 50.5 Å². The minimum atomic E-state index is -0.633. The largest absolute Gasteiger partial charge is 0.481 e. The van der Waals surface area contributed by atoms with Crippen molar-refractivity contribution in [3.8, 4) is 5.75 Å². The van der Waals surface area contributed by atoms with Crippen LogP contribution in [0, 0.1) is 6.92 Å². The molecule has 0 saturated heterocycles. The van der Waals surface area contributed by atoms with Crippen molar-refractivity contribution < 1.29 is 14.3 Å². The van der Waals surface area contributed by atoms with Crippen LogP contribution in [-0.4, -0.2) is 35.9 Å². The van der Waals surface area contributed by atoms with Crippen LogP contribution in [0.25, 0.3) is 0 Å². The Morgan fingerprint density at radius 1 is 1.10 bits per heavy atom. The van der Waals surface area contributed by atoms with Crippen LogP contribution >= 0.6 is 0 Å². The summed E-state index contributed by atoms with van der Waals surface area (Å²) in [5.41, 5.74) is 2.12. The van der Waals surface area contributed by atoms with E-state index in [2.05, 4.69) is 5.32 Å². The molecule has 30 heavy (non-hydrogen) atoms. The third kappa shape index (κ3) is 5.41. The van der Waals surface area contributed by atoms with Crippen molar-refractivity contribution in [2.24, 2.45) is 0 Å². The Hall–Kier alpha value is -2.82. The minimum absolute atomic E-state index is 0.0505. The Morgan fingerprint density at radius 3 is 2.53 bits per heavy atom. The van der Waals surface area contributed by atoms with E-state index in [0.29, 0.717) is 23.4 Å². The Bertz CT molecular complexity index is 874. The van der Waals surface area contributed by atoms with Gasteiger partial charge in [0.2, 0.25) is 0 Å². The van der Waals surface area contributed by atoms with Gasteiger partial charge in [-0.05, 0) is 56.0 Å². The first-order chi connectivity index (χ1) is 14.5. The number of carbonyl (C=O) groups is 2. The average molecular weight is 409 g/mol. The average Bonchev–Trinajstić information content (AvgIpc) is 2.77. The standard InChI is InChI=1S/C25H32N2O3/c1-4-23(30-20-14-10-11-18(2)17-20)24(28)26-22-16-9-8-15-21(22)25(29)27(3)19-12-6-5-7-13-19/h8-11,14-17,19,23H,4-7,12-13H2,1-3H3,(H,26,28). The molecule has 0 aliphatic heterocycles. The van der Waals surface area contributed by atoms with Gasteiger partial charge in [0.1, 0.15) is 5.75 Å². The van der Waals surface area contributed by atoms with E-state index in [1.807, 2.05) is 62.2 Å². The summed E-state index contributed by atoms with van der Waals surface area (Å²) in [5, 5.41) is 2.92. The number of nitrogens with one attached hydrogen (secondary N) is 1. The van der Waals surface area contributed by atoms with Crippen molar-refractivity contribution in [1.29, 1.82) is 0 Å². The number of nitrogens with zero attached hydrogens (tertiary/aromatic N) is 1. The Kier molecular flexibility index (Phi) is 7.50. The number of para-hydroxylation sites is 1. The first kappa shape index (κ1) is 21.9. The van der Waals surface area contributed by atoms with Gasteiger partial charge in [0.25, 0.3) is 11.8 Å². The molecule has 0 heterocycles. The molecule has 0 bridgehead atoms. The summed E-state index contributed by atoms with van der Waals surface area (Å²) in [6, 6.07) is 15.1. The van der Waals surface area contributed by atoms with Gasteiger partial charge in [0.05, 0.1) is 11.3 Å². The molecule has 1 aliphatic carbocycles. The lowest BCUT2D eigenvalue weighted by atomic mass is 9.94. The number of ether oxygens (including phenoxy) is 1. The van der Waals surface area contributed by atoms with Crippen molar-refractivity contribution in [2.75, 3.05) is 12.4 Å². The van der Waals surface area contributed by atoms with Gasteiger partial charge in [0, 0.05) is 13.1 Å². The monoisotopic (exact) mass is 408 g/mol. The summed E-state index contributed by atoms with van der Waals surface area (Å²) in [6.45, 7) is 3.90. The summed E-state index contributed by atoms with van der Waals surface area (Å²) in [6.07, 6.45) is 5.54. The van der Waals surface area contributed by atoms with Crippen LogP contribution in [-0.2, 0) is 4.79 Å². The first-order valence-corrected chi connectivity index (χ1v) is 10.9. The smallest absolute Gasteiger partial charge is 0.265 e. The van der Waals surface area contributed by atoms with Crippen LogP contribution in [0.3, 0.4) is 0 Å². The topological polar surface area (TPSA) is 58.6 Å². The van der Waals surface area contributed by atoms with Crippen LogP contribution in [0.2, 0.25) is 0 Å². The van der Waals surface area contributed by atoms with E-state index >= 15 is 0 Å². The molecule has 1 aliphatic rings. The summed E-state index contributed by atoms with van der Waals surface area (Å²) in [7, 11) is 1.87. The molecule has 2 aromatic carbocycles. The highest BCUT2D eigenvalue weighted by Gasteiger charge is 2.26. The van der Waals surface area contributed by atoms with Gasteiger partial charge in [-0.2, -0.15) is 0 Å². The number of rotatable bonds is 7. The molecule has 2 aromatic rings. The zero-order valence-electron chi connectivity index (χ0n) is 18.2. The molecule has 0 spiro atoms.